The molecule has 3 rings (SSSR count). The molecule has 3 aromatic carbocycles. The minimum Gasteiger partial charge on any atom is -0.489 e. The summed E-state index contributed by atoms with van der Waals surface area (Å²) in [5.41, 5.74) is 1.96. The molecule has 34 heavy (non-hydrogen) atoms. The third-order valence-electron chi connectivity index (χ3n) is 4.82. The first-order chi connectivity index (χ1) is 16.2. The van der Waals surface area contributed by atoms with Gasteiger partial charge in [0.05, 0.1) is 6.61 Å². The Bertz CT molecular complexity index is 1040. The van der Waals surface area contributed by atoms with Gasteiger partial charge >= 0.3 is 5.02 Å². The Labute approximate surface area is 206 Å². The molecule has 5 nitrogen and oxygen atoms in total. The van der Waals surface area contributed by atoms with Gasteiger partial charge in [-0.15, -0.1) is 0 Å². The van der Waals surface area contributed by atoms with E-state index in [9.17, 15) is 8.78 Å². The van der Waals surface area contributed by atoms with E-state index < -0.39 is 5.02 Å². The molecule has 0 radical (unpaired) electrons. The lowest BCUT2D eigenvalue weighted by Crippen LogP contribution is -2.15. The topological polar surface area (TPSA) is 46.2 Å². The van der Waals surface area contributed by atoms with Crippen molar-refractivity contribution in [3.63, 3.8) is 0 Å². The molecule has 0 saturated heterocycles. The van der Waals surface area contributed by atoms with E-state index >= 15 is 0 Å². The molecule has 182 valence electrons. The van der Waals surface area contributed by atoms with Crippen molar-refractivity contribution in [2.75, 3.05) is 20.5 Å². The molecule has 0 aromatic heterocycles. The van der Waals surface area contributed by atoms with Crippen LogP contribution in [0.3, 0.4) is 0 Å². The lowest BCUT2D eigenvalue weighted by atomic mass is 10.0. The van der Waals surface area contributed by atoms with Gasteiger partial charge in [0.15, 0.2) is 18.3 Å². The molecule has 0 saturated carbocycles. The van der Waals surface area contributed by atoms with Gasteiger partial charge in [-0.3, -0.25) is 0 Å². The summed E-state index contributed by atoms with van der Waals surface area (Å²) in [5.74, 6) is 2.91. The van der Waals surface area contributed by atoms with Gasteiger partial charge in [-0.1, -0.05) is 31.2 Å². The molecule has 0 N–H and O–H groups in total. The van der Waals surface area contributed by atoms with E-state index in [-0.39, 0.29) is 18.5 Å². The van der Waals surface area contributed by atoms with E-state index in [2.05, 4.69) is 27.6 Å². The molecule has 0 amide bonds. The van der Waals surface area contributed by atoms with Crippen LogP contribution in [0, 0.1) is 12.8 Å². The van der Waals surface area contributed by atoms with Crippen molar-refractivity contribution in [3.8, 4) is 28.7 Å². The Morgan fingerprint density at radius 1 is 0.882 bits per heavy atom. The first kappa shape index (κ1) is 25.8. The van der Waals surface area contributed by atoms with Crippen LogP contribution in [0.5, 0.6) is 28.7 Å². The van der Waals surface area contributed by atoms with Gasteiger partial charge in [-0.25, -0.2) is 0 Å². The number of hydrogen-bond acceptors (Lipinski definition) is 5. The van der Waals surface area contributed by atoms with Crippen LogP contribution < -0.4 is 18.9 Å². The normalized spacial score (nSPS) is 12.2. The zero-order valence-corrected chi connectivity index (χ0v) is 20.8. The lowest BCUT2D eigenvalue weighted by molar-refractivity contribution is -0.0803. The molecule has 1 atom stereocenters. The third-order valence-corrected chi connectivity index (χ3v) is 4.99. The Hall–Kier alpha value is -2.84. The maximum absolute atomic E-state index is 12.9. The fraction of sp³-hybridized carbons (Fsp3) is 0.308. The number of alkyl halides is 3. The molecule has 0 aliphatic heterocycles. The summed E-state index contributed by atoms with van der Waals surface area (Å²) in [6.45, 7) is 4.67. The molecule has 3 aromatic rings. The van der Waals surface area contributed by atoms with Crippen LogP contribution in [-0.4, -0.2) is 25.5 Å². The summed E-state index contributed by atoms with van der Waals surface area (Å²) in [4.78, 5) is 0. The Morgan fingerprint density at radius 3 is 2.18 bits per heavy atom. The van der Waals surface area contributed by atoms with Crippen molar-refractivity contribution < 1.29 is 32.5 Å². The number of methoxy groups -OCH3 is 1. The standard InChI is InChI=1S/C26H27BrF2O5/c1-18(15-20-7-9-23(10-8-20)34-26(27,28)29)16-31-25-19(2)5-4-6-24(25)33-22-13-11-21(12-14-22)32-17-30-3/h4-14,18H,15-17H2,1-3H3. The highest BCUT2D eigenvalue weighted by Gasteiger charge is 2.26. The summed E-state index contributed by atoms with van der Waals surface area (Å²) >= 11 is 2.17. The molecule has 1 unspecified atom stereocenters. The molecule has 0 bridgehead atoms. The number of para-hydroxylation sites is 1. The quantitative estimate of drug-likeness (QED) is 0.179. The average molecular weight is 537 g/mol. The Morgan fingerprint density at radius 2 is 1.53 bits per heavy atom. The second-order valence-electron chi connectivity index (χ2n) is 7.84. The second-order valence-corrected chi connectivity index (χ2v) is 8.76. The average Bonchev–Trinajstić information content (AvgIpc) is 2.78. The fourth-order valence-corrected chi connectivity index (χ4v) is 3.45. The van der Waals surface area contributed by atoms with E-state index in [4.69, 9.17) is 18.9 Å². The largest absolute Gasteiger partial charge is 0.489 e. The number of benzene rings is 3. The molecule has 0 heterocycles. The maximum Gasteiger partial charge on any atom is 0.459 e. The number of rotatable bonds is 12. The van der Waals surface area contributed by atoms with E-state index in [0.717, 1.165) is 17.5 Å². The minimum absolute atomic E-state index is 0.0921. The zero-order chi connectivity index (χ0) is 24.6. The van der Waals surface area contributed by atoms with Crippen molar-refractivity contribution in [1.29, 1.82) is 0 Å². The predicted octanol–water partition coefficient (Wildman–Crippen LogP) is 7.35. The van der Waals surface area contributed by atoms with Gasteiger partial charge < -0.3 is 23.7 Å². The third kappa shape index (κ3) is 8.18. The van der Waals surface area contributed by atoms with Gasteiger partial charge in [0, 0.05) is 23.0 Å². The zero-order valence-electron chi connectivity index (χ0n) is 19.2. The van der Waals surface area contributed by atoms with Gasteiger partial charge in [0.2, 0.25) is 0 Å². The lowest BCUT2D eigenvalue weighted by Gasteiger charge is -2.18. The number of ether oxygens (including phenoxy) is 5. The molecule has 0 spiro atoms. The summed E-state index contributed by atoms with van der Waals surface area (Å²) < 4.78 is 52.8. The van der Waals surface area contributed by atoms with Crippen LogP contribution >= 0.6 is 15.9 Å². The number of hydrogen-bond donors (Lipinski definition) is 0. The highest BCUT2D eigenvalue weighted by molar-refractivity contribution is 9.09. The van der Waals surface area contributed by atoms with Crippen LogP contribution in [0.4, 0.5) is 8.78 Å². The maximum atomic E-state index is 12.9. The van der Waals surface area contributed by atoms with Crippen LogP contribution in [0.2, 0.25) is 0 Å². The molecule has 8 heteroatoms. The highest BCUT2D eigenvalue weighted by Crippen LogP contribution is 2.35. The number of aryl methyl sites for hydroxylation is 1. The van der Waals surface area contributed by atoms with Crippen molar-refractivity contribution in [2.45, 2.75) is 25.3 Å². The molecule has 0 aliphatic rings. The van der Waals surface area contributed by atoms with Crippen LogP contribution in [0.15, 0.2) is 66.7 Å². The van der Waals surface area contributed by atoms with Crippen LogP contribution in [-0.2, 0) is 11.2 Å². The van der Waals surface area contributed by atoms with Crippen LogP contribution in [0.1, 0.15) is 18.1 Å². The van der Waals surface area contributed by atoms with Gasteiger partial charge in [-0.2, -0.15) is 8.78 Å². The highest BCUT2D eigenvalue weighted by atomic mass is 79.9. The summed E-state index contributed by atoms with van der Waals surface area (Å²) in [7, 11) is 1.57. The molecular weight excluding hydrogens is 510 g/mol. The molecular formula is C26H27BrF2O5. The summed E-state index contributed by atoms with van der Waals surface area (Å²) in [6, 6.07) is 19.6. The van der Waals surface area contributed by atoms with Crippen LogP contribution in [0.25, 0.3) is 0 Å². The van der Waals surface area contributed by atoms with E-state index in [0.29, 0.717) is 29.6 Å². The SMILES string of the molecule is COCOc1ccc(Oc2cccc(C)c2OCC(C)Cc2ccc(OC(F)(F)Br)cc2)cc1. The first-order valence-corrected chi connectivity index (χ1v) is 11.5. The fourth-order valence-electron chi connectivity index (χ4n) is 3.26. The van der Waals surface area contributed by atoms with E-state index in [1.54, 1.807) is 19.2 Å². The number of halogens is 3. The predicted molar refractivity (Wildman–Crippen MR) is 130 cm³/mol. The summed E-state index contributed by atoms with van der Waals surface area (Å²) in [5, 5.41) is -3.39. The van der Waals surface area contributed by atoms with Gasteiger partial charge in [0.25, 0.3) is 0 Å². The van der Waals surface area contributed by atoms with Crippen molar-refractivity contribution in [3.05, 3.63) is 77.9 Å². The van der Waals surface area contributed by atoms with Gasteiger partial charge in [0.1, 0.15) is 17.2 Å². The van der Waals surface area contributed by atoms with E-state index in [1.807, 2.05) is 49.4 Å². The first-order valence-electron chi connectivity index (χ1n) is 10.7. The Balaban J connectivity index is 1.59. The second kappa shape index (κ2) is 12.0. The van der Waals surface area contributed by atoms with Crippen molar-refractivity contribution in [2.24, 2.45) is 5.92 Å². The molecule has 0 aliphatic carbocycles. The van der Waals surface area contributed by atoms with Crippen molar-refractivity contribution in [1.82, 2.24) is 0 Å². The van der Waals surface area contributed by atoms with E-state index in [1.165, 1.54) is 12.1 Å². The monoisotopic (exact) mass is 536 g/mol. The van der Waals surface area contributed by atoms with Gasteiger partial charge in [-0.05, 0) is 72.9 Å². The molecule has 0 fully saturated rings. The summed E-state index contributed by atoms with van der Waals surface area (Å²) in [6.07, 6.45) is 0.718. The smallest absolute Gasteiger partial charge is 0.459 e. The van der Waals surface area contributed by atoms with Crippen molar-refractivity contribution >= 4 is 15.9 Å². The Kier molecular flexibility index (Phi) is 9.12. The minimum atomic E-state index is -3.39.